The third kappa shape index (κ3) is 6.26. The van der Waals surface area contributed by atoms with E-state index in [-0.39, 0.29) is 24.5 Å². The van der Waals surface area contributed by atoms with Crippen LogP contribution in [0.5, 0.6) is 0 Å². The van der Waals surface area contributed by atoms with Gasteiger partial charge in [0.2, 0.25) is 0 Å². The van der Waals surface area contributed by atoms with Crippen LogP contribution in [0.15, 0.2) is 23.3 Å². The first-order valence-corrected chi connectivity index (χ1v) is 9.85. The maximum atomic E-state index is 11.2. The molecule has 30 heavy (non-hydrogen) atoms. The lowest BCUT2D eigenvalue weighted by Gasteiger charge is -2.43. The molecule has 166 valence electrons. The number of unbranched alkanes of at least 4 members (excludes halogenated alkanes) is 3. The summed E-state index contributed by atoms with van der Waals surface area (Å²) in [5, 5.41) is 56.5. The van der Waals surface area contributed by atoms with Gasteiger partial charge in [0, 0.05) is 29.8 Å². The number of nitro benzene ring substituents is 1. The van der Waals surface area contributed by atoms with Crippen LogP contribution in [0.25, 0.3) is 10.4 Å². The number of hydrogen-bond donors (Lipinski definition) is 5. The number of nitro groups is 1. The first-order chi connectivity index (χ1) is 14.4. The molecule has 0 aliphatic carbocycles. The van der Waals surface area contributed by atoms with Crippen LogP contribution < -0.4 is 5.32 Å². The van der Waals surface area contributed by atoms with Crippen LogP contribution in [-0.4, -0.2) is 80.8 Å². The summed E-state index contributed by atoms with van der Waals surface area (Å²) in [5.74, 6) is 0. The van der Waals surface area contributed by atoms with Gasteiger partial charge in [-0.15, -0.1) is 0 Å². The van der Waals surface area contributed by atoms with E-state index in [0.717, 1.165) is 25.7 Å². The third-order valence-corrected chi connectivity index (χ3v) is 5.24. The lowest BCUT2D eigenvalue weighted by molar-refractivity contribution is -0.383. The molecule has 0 radical (unpaired) electrons. The zero-order valence-corrected chi connectivity index (χ0v) is 16.5. The van der Waals surface area contributed by atoms with Crippen molar-refractivity contribution in [3.63, 3.8) is 0 Å². The van der Waals surface area contributed by atoms with E-state index >= 15 is 0 Å². The van der Waals surface area contributed by atoms with Gasteiger partial charge in [-0.3, -0.25) is 15.0 Å². The molecule has 0 spiro atoms. The quantitative estimate of drug-likeness (QED) is 0.0876. The second-order valence-electron chi connectivity index (χ2n) is 7.28. The Balaban J connectivity index is 1.72. The van der Waals surface area contributed by atoms with E-state index in [1.54, 1.807) is 4.90 Å². The Labute approximate surface area is 173 Å². The summed E-state index contributed by atoms with van der Waals surface area (Å²) in [6, 6.07) is 3.64. The van der Waals surface area contributed by atoms with Gasteiger partial charge >= 0.3 is 0 Å². The standard InChI is InChI=1S/C18H28N6O6/c19-22-21-12-5-6-13(14(9-12)24(29)30)20-7-3-1-2-4-8-23-10-16(26)18(28)17(27)15(23)11-25/h5-6,9,15-18,20,25-28H,1-4,7-8,10-11H2. The lowest BCUT2D eigenvalue weighted by Crippen LogP contribution is -2.62. The average molecular weight is 424 g/mol. The van der Waals surface area contributed by atoms with Crippen LogP contribution >= 0.6 is 0 Å². The Kier molecular flexibility index (Phi) is 9.24. The van der Waals surface area contributed by atoms with Crippen molar-refractivity contribution in [1.82, 2.24) is 4.90 Å². The number of azide groups is 1. The number of anilines is 1. The topological polar surface area (TPSA) is 188 Å². The largest absolute Gasteiger partial charge is 0.395 e. The maximum Gasteiger partial charge on any atom is 0.292 e. The normalized spacial score (nSPS) is 24.3. The summed E-state index contributed by atoms with van der Waals surface area (Å²) in [4.78, 5) is 15.1. The number of nitrogens with one attached hydrogen (secondary N) is 1. The van der Waals surface area contributed by atoms with Crippen LogP contribution in [0.1, 0.15) is 25.7 Å². The number of likely N-dealkylation sites (tertiary alicyclic amines) is 1. The van der Waals surface area contributed by atoms with Crippen molar-refractivity contribution >= 4 is 17.1 Å². The molecule has 1 fully saturated rings. The van der Waals surface area contributed by atoms with Gasteiger partial charge in [0.1, 0.15) is 17.9 Å². The summed E-state index contributed by atoms with van der Waals surface area (Å²) in [7, 11) is 0. The van der Waals surface area contributed by atoms with Gasteiger partial charge in [-0.25, -0.2) is 0 Å². The van der Waals surface area contributed by atoms with Gasteiger partial charge in [0.25, 0.3) is 5.69 Å². The van der Waals surface area contributed by atoms with Gasteiger partial charge in [0.15, 0.2) is 0 Å². The number of aliphatic hydroxyl groups is 4. The Hall–Kier alpha value is -2.47. The zero-order chi connectivity index (χ0) is 22.1. The summed E-state index contributed by atoms with van der Waals surface area (Å²) < 4.78 is 0. The van der Waals surface area contributed by atoms with Crippen molar-refractivity contribution in [2.45, 2.75) is 50.0 Å². The number of β-amino-alcohol motifs (C(OH)–C–C–N with tert-alkyl or cyclic N) is 1. The highest BCUT2D eigenvalue weighted by molar-refractivity contribution is 5.66. The van der Waals surface area contributed by atoms with Gasteiger partial charge in [-0.2, -0.15) is 0 Å². The van der Waals surface area contributed by atoms with E-state index in [2.05, 4.69) is 15.3 Å². The molecule has 0 saturated carbocycles. The van der Waals surface area contributed by atoms with Crippen LogP contribution in [0.4, 0.5) is 17.1 Å². The molecule has 1 heterocycles. The molecule has 0 amide bonds. The number of nitrogens with zero attached hydrogens (tertiary/aromatic N) is 5. The number of benzene rings is 1. The smallest absolute Gasteiger partial charge is 0.292 e. The molecule has 1 saturated heterocycles. The first kappa shape index (κ1) is 23.8. The highest BCUT2D eigenvalue weighted by Crippen LogP contribution is 2.29. The molecule has 1 aromatic carbocycles. The van der Waals surface area contributed by atoms with E-state index < -0.39 is 29.3 Å². The average Bonchev–Trinajstić information content (AvgIpc) is 2.72. The number of aliphatic hydroxyl groups excluding tert-OH is 4. The Bertz CT molecular complexity index is 759. The molecule has 1 aliphatic rings. The van der Waals surface area contributed by atoms with Crippen molar-refractivity contribution in [3.8, 4) is 0 Å². The lowest BCUT2D eigenvalue weighted by atomic mass is 9.94. The molecule has 4 atom stereocenters. The van der Waals surface area contributed by atoms with Gasteiger partial charge in [-0.1, -0.05) is 24.0 Å². The molecular formula is C18H28N6O6. The van der Waals surface area contributed by atoms with E-state index in [4.69, 9.17) is 5.53 Å². The molecule has 0 bridgehead atoms. The molecule has 2 rings (SSSR count). The molecule has 12 nitrogen and oxygen atoms in total. The van der Waals surface area contributed by atoms with Gasteiger partial charge in [-0.05, 0) is 31.0 Å². The van der Waals surface area contributed by atoms with Gasteiger partial charge < -0.3 is 25.7 Å². The SMILES string of the molecule is [N-]=[N+]=Nc1ccc(NCCCCCCN2CC(O)C(O)C(O)C2CO)c([N+](=O)[O-])c1. The Morgan fingerprint density at radius 2 is 1.97 bits per heavy atom. The van der Waals surface area contributed by atoms with E-state index in [1.165, 1.54) is 18.2 Å². The summed E-state index contributed by atoms with van der Waals surface area (Å²) in [6.07, 6.45) is -0.201. The number of piperidine rings is 1. The highest BCUT2D eigenvalue weighted by Gasteiger charge is 2.40. The van der Waals surface area contributed by atoms with Crippen LogP contribution in [0.3, 0.4) is 0 Å². The van der Waals surface area contributed by atoms with Crippen molar-refractivity contribution in [1.29, 1.82) is 0 Å². The van der Waals surface area contributed by atoms with Crippen molar-refractivity contribution < 1.29 is 25.3 Å². The monoisotopic (exact) mass is 424 g/mol. The molecule has 4 unspecified atom stereocenters. The van der Waals surface area contributed by atoms with Crippen LogP contribution in [0.2, 0.25) is 0 Å². The predicted molar refractivity (Wildman–Crippen MR) is 109 cm³/mol. The summed E-state index contributed by atoms with van der Waals surface area (Å²) >= 11 is 0. The van der Waals surface area contributed by atoms with Crippen molar-refractivity contribution in [2.75, 3.05) is 31.6 Å². The zero-order valence-electron chi connectivity index (χ0n) is 16.5. The second kappa shape index (κ2) is 11.6. The minimum Gasteiger partial charge on any atom is -0.395 e. The highest BCUT2D eigenvalue weighted by atomic mass is 16.6. The fourth-order valence-corrected chi connectivity index (χ4v) is 3.59. The molecule has 1 aliphatic heterocycles. The fraction of sp³-hybridized carbons (Fsp3) is 0.667. The Morgan fingerprint density at radius 1 is 1.23 bits per heavy atom. The van der Waals surface area contributed by atoms with Crippen molar-refractivity contribution in [2.24, 2.45) is 5.11 Å². The number of rotatable bonds is 11. The van der Waals surface area contributed by atoms with Crippen LogP contribution in [-0.2, 0) is 0 Å². The second-order valence-corrected chi connectivity index (χ2v) is 7.28. The molecule has 0 aromatic heterocycles. The first-order valence-electron chi connectivity index (χ1n) is 9.85. The summed E-state index contributed by atoms with van der Waals surface area (Å²) in [5.41, 5.74) is 8.82. The minimum atomic E-state index is -1.26. The molecule has 5 N–H and O–H groups in total. The van der Waals surface area contributed by atoms with Crippen LogP contribution in [0, 0.1) is 10.1 Å². The van der Waals surface area contributed by atoms with E-state index in [9.17, 15) is 30.5 Å². The molecule has 1 aromatic rings. The van der Waals surface area contributed by atoms with Gasteiger partial charge in [0.05, 0.1) is 23.7 Å². The fourth-order valence-electron chi connectivity index (χ4n) is 3.59. The molecular weight excluding hydrogens is 396 g/mol. The van der Waals surface area contributed by atoms with Crippen molar-refractivity contribution in [3.05, 3.63) is 38.8 Å². The predicted octanol–water partition coefficient (Wildman–Crippen LogP) is 1.27. The van der Waals surface area contributed by atoms with E-state index in [0.29, 0.717) is 18.8 Å². The Morgan fingerprint density at radius 3 is 2.63 bits per heavy atom. The van der Waals surface area contributed by atoms with E-state index in [1.807, 2.05) is 0 Å². The third-order valence-electron chi connectivity index (χ3n) is 5.24. The molecule has 12 heteroatoms. The summed E-state index contributed by atoms with van der Waals surface area (Å²) in [6.45, 7) is 1.01. The maximum absolute atomic E-state index is 11.2. The number of hydrogen-bond acceptors (Lipinski definition) is 9. The minimum absolute atomic E-state index is 0.153.